The zero-order valence-corrected chi connectivity index (χ0v) is 14.5. The van der Waals surface area contributed by atoms with Gasteiger partial charge in [0.1, 0.15) is 0 Å². The molecule has 0 aliphatic carbocycles. The molecule has 1 heterocycles. The van der Waals surface area contributed by atoms with Crippen molar-refractivity contribution in [3.05, 3.63) is 56.4 Å². The lowest BCUT2D eigenvalue weighted by Gasteiger charge is -2.06. The van der Waals surface area contributed by atoms with Crippen molar-refractivity contribution in [1.29, 1.82) is 0 Å². The van der Waals surface area contributed by atoms with Crippen LogP contribution in [-0.4, -0.2) is 5.16 Å². The molecule has 0 spiro atoms. The van der Waals surface area contributed by atoms with Crippen molar-refractivity contribution < 1.29 is 4.52 Å². The van der Waals surface area contributed by atoms with E-state index in [2.05, 4.69) is 37.0 Å². The summed E-state index contributed by atoms with van der Waals surface area (Å²) in [6.45, 7) is 0. The van der Waals surface area contributed by atoms with Crippen LogP contribution in [-0.2, 0) is 0 Å². The first-order valence-electron chi connectivity index (χ1n) is 6.03. The highest BCUT2D eigenvalue weighted by Crippen LogP contribution is 2.41. The van der Waals surface area contributed by atoms with Crippen molar-refractivity contribution in [2.75, 3.05) is 5.73 Å². The second-order valence-corrected chi connectivity index (χ2v) is 6.50. The van der Waals surface area contributed by atoms with Crippen molar-refractivity contribution >= 4 is 49.3 Å². The second kappa shape index (κ2) is 5.83. The number of nitrogen functional groups attached to an aromatic ring is 1. The Bertz CT molecular complexity index is 817. The van der Waals surface area contributed by atoms with Crippen LogP contribution in [0.25, 0.3) is 22.5 Å². The fourth-order valence-electron chi connectivity index (χ4n) is 2.06. The van der Waals surface area contributed by atoms with E-state index in [0.29, 0.717) is 16.6 Å². The lowest BCUT2D eigenvalue weighted by molar-refractivity contribution is 0.436. The summed E-state index contributed by atoms with van der Waals surface area (Å²) in [6, 6.07) is 13.3. The number of rotatable bonds is 2. The molecule has 0 bridgehead atoms. The third-order valence-electron chi connectivity index (χ3n) is 3.04. The molecule has 0 saturated heterocycles. The summed E-state index contributed by atoms with van der Waals surface area (Å²) in [7, 11) is 0. The number of anilines is 1. The van der Waals surface area contributed by atoms with E-state index in [0.717, 1.165) is 25.6 Å². The van der Waals surface area contributed by atoms with Gasteiger partial charge in [0.05, 0.1) is 10.6 Å². The van der Waals surface area contributed by atoms with E-state index < -0.39 is 0 Å². The highest BCUT2D eigenvalue weighted by molar-refractivity contribution is 9.11. The zero-order chi connectivity index (χ0) is 15.0. The van der Waals surface area contributed by atoms with Crippen LogP contribution in [0.3, 0.4) is 0 Å². The number of benzene rings is 2. The average Bonchev–Trinajstić information content (AvgIpc) is 2.84. The minimum absolute atomic E-state index is 0.343. The molecule has 1 aromatic heterocycles. The molecule has 2 N–H and O–H groups in total. The summed E-state index contributed by atoms with van der Waals surface area (Å²) in [5, 5.41) is 4.49. The van der Waals surface area contributed by atoms with Crippen LogP contribution in [0.1, 0.15) is 0 Å². The van der Waals surface area contributed by atoms with E-state index in [4.69, 9.17) is 21.9 Å². The van der Waals surface area contributed by atoms with Crippen LogP contribution >= 0.6 is 43.5 Å². The summed E-state index contributed by atoms with van der Waals surface area (Å²) in [5.41, 5.74) is 8.47. The lowest BCUT2D eigenvalue weighted by Crippen LogP contribution is -1.89. The molecule has 6 heteroatoms. The average molecular weight is 429 g/mol. The first-order chi connectivity index (χ1) is 10.1. The van der Waals surface area contributed by atoms with Gasteiger partial charge in [-0.25, -0.2) is 0 Å². The monoisotopic (exact) mass is 426 g/mol. The molecular weight excluding hydrogens is 419 g/mol. The first kappa shape index (κ1) is 14.6. The van der Waals surface area contributed by atoms with Crippen LogP contribution in [0.2, 0.25) is 5.02 Å². The van der Waals surface area contributed by atoms with Gasteiger partial charge in [-0.05, 0) is 40.2 Å². The van der Waals surface area contributed by atoms with Gasteiger partial charge in [0, 0.05) is 20.1 Å². The molecule has 2 aromatic carbocycles. The van der Waals surface area contributed by atoms with E-state index in [1.807, 2.05) is 42.5 Å². The Hall–Kier alpha value is -1.30. The molecule has 0 aliphatic heterocycles. The summed E-state index contributed by atoms with van der Waals surface area (Å²) >= 11 is 13.0. The Balaban J connectivity index is 2.22. The summed E-state index contributed by atoms with van der Waals surface area (Å²) in [4.78, 5) is 0. The number of halogens is 3. The van der Waals surface area contributed by atoms with Crippen molar-refractivity contribution in [3.8, 4) is 22.5 Å². The van der Waals surface area contributed by atoms with Crippen molar-refractivity contribution in [3.63, 3.8) is 0 Å². The first-order valence-corrected chi connectivity index (χ1v) is 8.00. The molecule has 0 aliphatic rings. The summed E-state index contributed by atoms with van der Waals surface area (Å²) in [6.07, 6.45) is 0. The number of nitrogens with zero attached hydrogens (tertiary/aromatic N) is 1. The lowest BCUT2D eigenvalue weighted by atomic mass is 10.0. The van der Waals surface area contributed by atoms with Crippen LogP contribution in [0.5, 0.6) is 0 Å². The van der Waals surface area contributed by atoms with Crippen molar-refractivity contribution in [2.24, 2.45) is 0 Å². The van der Waals surface area contributed by atoms with Gasteiger partial charge >= 0.3 is 0 Å². The molecule has 106 valence electrons. The maximum absolute atomic E-state index is 6.15. The summed E-state index contributed by atoms with van der Waals surface area (Å²) < 4.78 is 7.16. The predicted molar refractivity (Wildman–Crippen MR) is 92.2 cm³/mol. The Morgan fingerprint density at radius 2 is 1.81 bits per heavy atom. The minimum atomic E-state index is 0.343. The zero-order valence-electron chi connectivity index (χ0n) is 10.6. The maximum atomic E-state index is 6.15. The van der Waals surface area contributed by atoms with Gasteiger partial charge in [0.2, 0.25) is 0 Å². The molecule has 0 amide bonds. The predicted octanol–water partition coefficient (Wildman–Crippen LogP) is 5.77. The second-order valence-electron chi connectivity index (χ2n) is 4.38. The molecule has 0 unspecified atom stereocenters. The molecule has 3 nitrogen and oxygen atoms in total. The quantitative estimate of drug-likeness (QED) is 0.564. The smallest absolute Gasteiger partial charge is 0.177 e. The standard InChI is InChI=1S/C15H9Br2ClN2O/c16-10-4-2-1-3-9(10)13-14(21-20-15(13)19)8-5-6-11(17)12(18)7-8/h1-7H,(H2,19,20). The molecule has 0 saturated carbocycles. The van der Waals surface area contributed by atoms with Crippen LogP contribution in [0, 0.1) is 0 Å². The van der Waals surface area contributed by atoms with E-state index in [1.54, 1.807) is 0 Å². The van der Waals surface area contributed by atoms with Gasteiger partial charge in [-0.15, -0.1) is 0 Å². The molecule has 0 atom stereocenters. The van der Waals surface area contributed by atoms with Gasteiger partial charge in [-0.1, -0.05) is 50.9 Å². The Morgan fingerprint density at radius 3 is 2.52 bits per heavy atom. The van der Waals surface area contributed by atoms with Gasteiger partial charge < -0.3 is 10.3 Å². The van der Waals surface area contributed by atoms with E-state index in [-0.39, 0.29) is 0 Å². The highest BCUT2D eigenvalue weighted by Gasteiger charge is 2.19. The molecule has 0 radical (unpaired) electrons. The molecule has 3 rings (SSSR count). The Kier molecular flexibility index (Phi) is 4.06. The third kappa shape index (κ3) is 2.73. The van der Waals surface area contributed by atoms with Crippen LogP contribution in [0.15, 0.2) is 55.9 Å². The van der Waals surface area contributed by atoms with Crippen molar-refractivity contribution in [2.45, 2.75) is 0 Å². The number of nitrogens with two attached hydrogens (primary N) is 1. The topological polar surface area (TPSA) is 52.0 Å². The van der Waals surface area contributed by atoms with Gasteiger partial charge in [-0.3, -0.25) is 0 Å². The maximum Gasteiger partial charge on any atom is 0.177 e. The third-order valence-corrected chi connectivity index (χ3v) is 4.97. The largest absolute Gasteiger partial charge is 0.380 e. The highest BCUT2D eigenvalue weighted by atomic mass is 79.9. The van der Waals surface area contributed by atoms with Crippen LogP contribution in [0.4, 0.5) is 5.82 Å². The van der Waals surface area contributed by atoms with Crippen molar-refractivity contribution in [1.82, 2.24) is 5.16 Å². The van der Waals surface area contributed by atoms with E-state index >= 15 is 0 Å². The molecular formula is C15H9Br2ClN2O. The Labute approximate surface area is 143 Å². The minimum Gasteiger partial charge on any atom is -0.380 e. The Morgan fingerprint density at radius 1 is 1.05 bits per heavy atom. The number of aromatic nitrogens is 1. The summed E-state index contributed by atoms with van der Waals surface area (Å²) in [5.74, 6) is 0.935. The normalized spacial score (nSPS) is 10.8. The van der Waals surface area contributed by atoms with E-state index in [9.17, 15) is 0 Å². The number of hydrogen-bond donors (Lipinski definition) is 1. The molecule has 0 fully saturated rings. The van der Waals surface area contributed by atoms with Gasteiger partial charge in [-0.2, -0.15) is 0 Å². The van der Waals surface area contributed by atoms with Gasteiger partial charge in [0.25, 0.3) is 0 Å². The fraction of sp³-hybridized carbons (Fsp3) is 0. The van der Waals surface area contributed by atoms with Gasteiger partial charge in [0.15, 0.2) is 11.6 Å². The SMILES string of the molecule is Nc1noc(-c2ccc(Br)c(Cl)c2)c1-c1ccccc1Br. The molecule has 3 aromatic rings. The fourth-order valence-corrected chi connectivity index (χ4v) is 2.97. The van der Waals surface area contributed by atoms with Crippen LogP contribution < -0.4 is 5.73 Å². The number of hydrogen-bond acceptors (Lipinski definition) is 3. The van der Waals surface area contributed by atoms with E-state index in [1.165, 1.54) is 0 Å². The molecule has 21 heavy (non-hydrogen) atoms.